The smallest absolute Gasteiger partial charge is 0.233 e. The lowest BCUT2D eigenvalue weighted by Crippen LogP contribution is -2.36. The molecule has 0 unspecified atom stereocenters. The topological polar surface area (TPSA) is 65.1 Å². The number of hydrogen-bond donors (Lipinski definition) is 0. The van der Waals surface area contributed by atoms with Gasteiger partial charge < -0.3 is 5.11 Å². The Balaban J connectivity index is 2.01. The van der Waals surface area contributed by atoms with Gasteiger partial charge in [0.25, 0.3) is 0 Å². The molecule has 7 heteroatoms. The van der Waals surface area contributed by atoms with Gasteiger partial charge in [-0.05, 0) is 23.8 Å². The van der Waals surface area contributed by atoms with Crippen molar-refractivity contribution in [3.8, 4) is 0 Å². The summed E-state index contributed by atoms with van der Waals surface area (Å²) < 4.78 is 1.31. The van der Waals surface area contributed by atoms with E-state index in [9.17, 15) is 5.11 Å². The number of nitrogens with zero attached hydrogens (tertiary/aromatic N) is 4. The maximum atomic E-state index is 12.0. The van der Waals surface area contributed by atoms with Gasteiger partial charge >= 0.3 is 0 Å². The van der Waals surface area contributed by atoms with Gasteiger partial charge in [-0.15, -0.1) is 11.3 Å². The highest BCUT2D eigenvalue weighted by Gasteiger charge is 2.04. The standard InChI is InChI=1S/C12H7ClN4OS/c13-12-15-9-4-3-8(7-10(9)19-12)11(18)16-17-6-2-1-5-14-17/h1-7H. The van der Waals surface area contributed by atoms with Crippen molar-refractivity contribution in [2.24, 2.45) is 5.10 Å². The molecule has 0 aliphatic heterocycles. The molecule has 0 saturated carbocycles. The van der Waals surface area contributed by atoms with E-state index in [1.807, 2.05) is 0 Å². The molecule has 1 aromatic carbocycles. The van der Waals surface area contributed by atoms with Crippen LogP contribution in [0.1, 0.15) is 5.56 Å². The normalized spacial score (nSPS) is 11.9. The molecule has 0 atom stereocenters. The number of hydrogen-bond acceptors (Lipinski definition) is 5. The number of benzene rings is 1. The van der Waals surface area contributed by atoms with Crippen LogP contribution in [-0.2, 0) is 0 Å². The van der Waals surface area contributed by atoms with E-state index in [1.54, 1.807) is 42.7 Å². The van der Waals surface area contributed by atoms with Crippen LogP contribution in [0.15, 0.2) is 47.8 Å². The summed E-state index contributed by atoms with van der Waals surface area (Å²) in [6.07, 6.45) is 3.16. The summed E-state index contributed by atoms with van der Waals surface area (Å²) in [4.78, 5) is 5.35. The SMILES string of the molecule is [O-]/C(=N\[n+]1ccccn1)c1ccc2nc(Cl)sc2c1. The van der Waals surface area contributed by atoms with Crippen LogP contribution >= 0.6 is 22.9 Å². The first-order chi connectivity index (χ1) is 9.22. The fourth-order valence-electron chi connectivity index (χ4n) is 1.56. The maximum absolute atomic E-state index is 12.0. The van der Waals surface area contributed by atoms with Crippen molar-refractivity contribution in [1.82, 2.24) is 10.1 Å². The number of rotatable bonds is 2. The van der Waals surface area contributed by atoms with Gasteiger partial charge in [0.05, 0.1) is 27.1 Å². The Kier molecular flexibility index (Phi) is 3.10. The van der Waals surface area contributed by atoms with Crippen molar-refractivity contribution in [3.05, 3.63) is 52.8 Å². The summed E-state index contributed by atoms with van der Waals surface area (Å²) >= 11 is 7.16. The quantitative estimate of drug-likeness (QED) is 0.405. The van der Waals surface area contributed by atoms with Crippen molar-refractivity contribution in [1.29, 1.82) is 0 Å². The van der Waals surface area contributed by atoms with Gasteiger partial charge in [0, 0.05) is 16.3 Å². The molecule has 3 aromatic rings. The van der Waals surface area contributed by atoms with E-state index >= 15 is 0 Å². The van der Waals surface area contributed by atoms with Crippen molar-refractivity contribution < 1.29 is 9.90 Å². The fourth-order valence-corrected chi connectivity index (χ4v) is 2.63. The van der Waals surface area contributed by atoms with Gasteiger partial charge in [0.2, 0.25) is 6.20 Å². The number of thiazole rings is 1. The second-order valence-corrected chi connectivity index (χ2v) is 5.29. The van der Waals surface area contributed by atoms with Gasteiger partial charge in [-0.2, -0.15) is 0 Å². The zero-order chi connectivity index (χ0) is 13.2. The van der Waals surface area contributed by atoms with E-state index in [-0.39, 0.29) is 5.90 Å². The summed E-state index contributed by atoms with van der Waals surface area (Å²) in [7, 11) is 0. The van der Waals surface area contributed by atoms with E-state index in [0.29, 0.717) is 10.0 Å². The molecule has 19 heavy (non-hydrogen) atoms. The van der Waals surface area contributed by atoms with E-state index < -0.39 is 0 Å². The maximum Gasteiger partial charge on any atom is 0.233 e. The zero-order valence-electron chi connectivity index (χ0n) is 9.52. The molecule has 0 N–H and O–H groups in total. The van der Waals surface area contributed by atoms with Crippen LogP contribution in [-0.4, -0.2) is 16.0 Å². The Morgan fingerprint density at radius 3 is 3.05 bits per heavy atom. The average Bonchev–Trinajstić information content (AvgIpc) is 2.78. The molecule has 0 aliphatic rings. The summed E-state index contributed by atoms with van der Waals surface area (Å²) in [5.41, 5.74) is 1.25. The molecule has 5 nitrogen and oxygen atoms in total. The number of fused-ring (bicyclic) bond motifs is 1. The number of aromatic nitrogens is 3. The molecule has 0 aliphatic carbocycles. The van der Waals surface area contributed by atoms with Crippen molar-refractivity contribution in [3.63, 3.8) is 0 Å². The van der Waals surface area contributed by atoms with E-state index in [0.717, 1.165) is 10.2 Å². The Morgan fingerprint density at radius 1 is 1.37 bits per heavy atom. The summed E-state index contributed by atoms with van der Waals surface area (Å²) in [5.74, 6) is -0.366. The van der Waals surface area contributed by atoms with E-state index in [2.05, 4.69) is 15.2 Å². The predicted octanol–water partition coefficient (Wildman–Crippen LogP) is 1.20. The fraction of sp³-hybridized carbons (Fsp3) is 0. The molecule has 94 valence electrons. The van der Waals surface area contributed by atoms with Crippen LogP contribution in [0.4, 0.5) is 0 Å². The average molecular weight is 291 g/mol. The van der Waals surface area contributed by atoms with Gasteiger partial charge in [-0.25, -0.2) is 4.98 Å². The Hall–Kier alpha value is -2.05. The van der Waals surface area contributed by atoms with Crippen molar-refractivity contribution in [2.45, 2.75) is 0 Å². The van der Waals surface area contributed by atoms with Crippen LogP contribution < -0.4 is 9.90 Å². The first kappa shape index (κ1) is 12.0. The van der Waals surface area contributed by atoms with Gasteiger partial charge in [0.1, 0.15) is 0 Å². The third-order valence-electron chi connectivity index (χ3n) is 2.40. The predicted molar refractivity (Wildman–Crippen MR) is 71.0 cm³/mol. The summed E-state index contributed by atoms with van der Waals surface area (Å²) in [5, 5.41) is 19.8. The number of halogens is 1. The van der Waals surface area contributed by atoms with E-state index in [1.165, 1.54) is 16.1 Å². The van der Waals surface area contributed by atoms with Crippen molar-refractivity contribution >= 4 is 39.1 Å². The Bertz CT molecular complexity index is 757. The third kappa shape index (κ3) is 2.54. The molecule has 2 aromatic heterocycles. The molecule has 0 spiro atoms. The van der Waals surface area contributed by atoms with Crippen LogP contribution in [0, 0.1) is 0 Å². The Morgan fingerprint density at radius 2 is 2.26 bits per heavy atom. The molecule has 0 fully saturated rings. The highest BCUT2D eigenvalue weighted by Crippen LogP contribution is 2.26. The molecule has 0 bridgehead atoms. The summed E-state index contributed by atoms with van der Waals surface area (Å²) in [6, 6.07) is 8.66. The molecule has 0 saturated heterocycles. The minimum atomic E-state index is -0.366. The van der Waals surface area contributed by atoms with Gasteiger partial charge in [-0.1, -0.05) is 17.7 Å². The molecular formula is C12H7ClN4OS. The first-order valence-corrected chi connectivity index (χ1v) is 6.57. The van der Waals surface area contributed by atoms with E-state index in [4.69, 9.17) is 11.6 Å². The third-order valence-corrected chi connectivity index (χ3v) is 3.53. The highest BCUT2D eigenvalue weighted by molar-refractivity contribution is 7.22. The second-order valence-electron chi connectivity index (χ2n) is 3.67. The highest BCUT2D eigenvalue weighted by atomic mass is 35.5. The molecule has 3 rings (SSSR count). The van der Waals surface area contributed by atoms with Crippen LogP contribution in [0.3, 0.4) is 0 Å². The minimum absolute atomic E-state index is 0.366. The van der Waals surface area contributed by atoms with Gasteiger partial charge in [0.15, 0.2) is 4.47 Å². The van der Waals surface area contributed by atoms with Crippen LogP contribution in [0.2, 0.25) is 4.47 Å². The molecule has 2 heterocycles. The lowest BCUT2D eigenvalue weighted by Gasteiger charge is -2.05. The molecule has 0 amide bonds. The van der Waals surface area contributed by atoms with Gasteiger partial charge in [-0.3, -0.25) is 0 Å². The monoisotopic (exact) mass is 290 g/mol. The van der Waals surface area contributed by atoms with Crippen molar-refractivity contribution in [2.75, 3.05) is 0 Å². The largest absolute Gasteiger partial charge is 0.854 e. The zero-order valence-corrected chi connectivity index (χ0v) is 11.1. The Labute approximate surface area is 117 Å². The second kappa shape index (κ2) is 4.91. The molecular weight excluding hydrogens is 284 g/mol. The minimum Gasteiger partial charge on any atom is -0.854 e. The molecule has 0 radical (unpaired) electrons. The first-order valence-electron chi connectivity index (χ1n) is 5.38. The van der Waals surface area contributed by atoms with Crippen LogP contribution in [0.5, 0.6) is 0 Å². The lowest BCUT2D eigenvalue weighted by molar-refractivity contribution is -0.739. The van der Waals surface area contributed by atoms with Crippen LogP contribution in [0.25, 0.3) is 10.2 Å². The summed E-state index contributed by atoms with van der Waals surface area (Å²) in [6.45, 7) is 0. The lowest BCUT2D eigenvalue weighted by atomic mass is 10.2.